The monoisotopic (exact) mass is 355 g/mol. The molecule has 0 bridgehead atoms. The van der Waals surface area contributed by atoms with Crippen LogP contribution in [0.1, 0.15) is 12.5 Å². The van der Waals surface area contributed by atoms with E-state index in [-0.39, 0.29) is 5.69 Å². The van der Waals surface area contributed by atoms with Crippen LogP contribution in [0.5, 0.6) is 0 Å². The van der Waals surface area contributed by atoms with Crippen LogP contribution in [0.2, 0.25) is 0 Å². The van der Waals surface area contributed by atoms with Crippen LogP contribution in [0.3, 0.4) is 0 Å². The lowest BCUT2D eigenvalue weighted by molar-refractivity contribution is -0.116. The first-order chi connectivity index (χ1) is 12.4. The smallest absolute Gasteiger partial charge is 0.324 e. The van der Waals surface area contributed by atoms with Gasteiger partial charge in [0.25, 0.3) is 5.56 Å². The van der Waals surface area contributed by atoms with Crippen LogP contribution in [0.25, 0.3) is 10.9 Å². The molecule has 0 atom stereocenters. The van der Waals surface area contributed by atoms with Gasteiger partial charge in [-0.2, -0.15) is 0 Å². The van der Waals surface area contributed by atoms with Crippen LogP contribution in [0.15, 0.2) is 52.1 Å². The summed E-state index contributed by atoms with van der Waals surface area (Å²) in [5.41, 5.74) is 0.173. The number of aryl methyl sites for hydroxylation is 2. The number of para-hydroxylation sites is 1. The maximum Gasteiger partial charge on any atom is 0.331 e. The highest BCUT2D eigenvalue weighted by Gasteiger charge is 2.15. The van der Waals surface area contributed by atoms with E-state index in [1.54, 1.807) is 44.2 Å². The Labute approximate surface area is 148 Å². The second kappa shape index (κ2) is 6.95. The third-order valence-corrected chi connectivity index (χ3v) is 4.21. The Morgan fingerprint density at radius 2 is 1.85 bits per heavy atom. The number of nitrogens with one attached hydrogen (secondary N) is 1. The number of hydrogen-bond acceptors (Lipinski definition) is 3. The van der Waals surface area contributed by atoms with Gasteiger partial charge in [0.15, 0.2) is 0 Å². The van der Waals surface area contributed by atoms with Crippen molar-refractivity contribution in [3.8, 4) is 0 Å². The number of nitrogens with zero attached hydrogens (tertiary/aromatic N) is 2. The van der Waals surface area contributed by atoms with Gasteiger partial charge >= 0.3 is 5.69 Å². The normalized spacial score (nSPS) is 10.9. The Balaban J connectivity index is 1.98. The first-order valence-electron chi connectivity index (χ1n) is 8.20. The number of fused-ring (bicyclic) bond motifs is 1. The molecule has 0 unspecified atom stereocenters. The number of anilines is 1. The number of amides is 1. The van der Waals surface area contributed by atoms with Crippen molar-refractivity contribution < 1.29 is 9.18 Å². The molecule has 3 aromatic rings. The third-order valence-electron chi connectivity index (χ3n) is 4.21. The zero-order valence-corrected chi connectivity index (χ0v) is 14.5. The van der Waals surface area contributed by atoms with E-state index in [0.29, 0.717) is 23.0 Å². The fourth-order valence-electron chi connectivity index (χ4n) is 2.83. The topological polar surface area (TPSA) is 73.1 Å². The molecular formula is C19H18FN3O3. The number of rotatable bonds is 4. The standard InChI is InChI=1S/C19H18FN3O3/c1-3-22-16-7-5-4-6-14(16)18(25)23(19(22)26)11-17(24)21-13-9-8-12(2)15(20)10-13/h4-10H,3,11H2,1-2H3,(H,21,24). The summed E-state index contributed by atoms with van der Waals surface area (Å²) in [6.45, 7) is 3.32. The number of carbonyl (C=O) groups is 1. The summed E-state index contributed by atoms with van der Waals surface area (Å²) in [5.74, 6) is -1.02. The highest BCUT2D eigenvalue weighted by molar-refractivity contribution is 5.90. The molecule has 0 saturated carbocycles. The van der Waals surface area contributed by atoms with E-state index in [1.165, 1.54) is 16.7 Å². The van der Waals surface area contributed by atoms with Crippen LogP contribution in [-0.4, -0.2) is 15.0 Å². The molecular weight excluding hydrogens is 337 g/mol. The predicted molar refractivity (Wildman–Crippen MR) is 97.9 cm³/mol. The summed E-state index contributed by atoms with van der Waals surface area (Å²) in [4.78, 5) is 37.5. The van der Waals surface area contributed by atoms with Crippen LogP contribution < -0.4 is 16.6 Å². The molecule has 6 nitrogen and oxygen atoms in total. The fourth-order valence-corrected chi connectivity index (χ4v) is 2.83. The molecule has 0 aliphatic carbocycles. The molecule has 1 N–H and O–H groups in total. The largest absolute Gasteiger partial charge is 0.331 e. The summed E-state index contributed by atoms with van der Waals surface area (Å²) >= 11 is 0. The zero-order chi connectivity index (χ0) is 18.8. The number of halogens is 1. The molecule has 1 aromatic heterocycles. The van der Waals surface area contributed by atoms with Crippen LogP contribution in [0.4, 0.5) is 10.1 Å². The van der Waals surface area contributed by atoms with Gasteiger partial charge in [0.1, 0.15) is 12.4 Å². The first kappa shape index (κ1) is 17.6. The summed E-state index contributed by atoms with van der Waals surface area (Å²) in [7, 11) is 0. The zero-order valence-electron chi connectivity index (χ0n) is 14.5. The Bertz CT molecular complexity index is 1120. The molecule has 0 aliphatic rings. The fraction of sp³-hybridized carbons (Fsp3) is 0.211. The van der Waals surface area contributed by atoms with Crippen LogP contribution in [0, 0.1) is 12.7 Å². The van der Waals surface area contributed by atoms with Crippen molar-refractivity contribution in [2.45, 2.75) is 26.9 Å². The van der Waals surface area contributed by atoms with Gasteiger partial charge in [-0.25, -0.2) is 9.18 Å². The van der Waals surface area contributed by atoms with Crippen LogP contribution >= 0.6 is 0 Å². The molecule has 0 aliphatic heterocycles. The number of benzene rings is 2. The minimum absolute atomic E-state index is 0.266. The van der Waals surface area contributed by atoms with Crippen molar-refractivity contribution in [1.29, 1.82) is 0 Å². The van der Waals surface area contributed by atoms with E-state index in [1.807, 2.05) is 0 Å². The molecule has 0 radical (unpaired) electrons. The molecule has 134 valence electrons. The Morgan fingerprint density at radius 3 is 2.54 bits per heavy atom. The molecule has 0 fully saturated rings. The summed E-state index contributed by atoms with van der Waals surface area (Å²) < 4.78 is 15.9. The van der Waals surface area contributed by atoms with Crippen molar-refractivity contribution in [3.05, 3.63) is 74.7 Å². The average Bonchev–Trinajstić information content (AvgIpc) is 2.62. The summed E-state index contributed by atoms with van der Waals surface area (Å²) in [6, 6.07) is 11.1. The third kappa shape index (κ3) is 3.15. The number of hydrogen-bond donors (Lipinski definition) is 1. The second-order valence-electron chi connectivity index (χ2n) is 5.95. The number of carbonyl (C=O) groups excluding carboxylic acids is 1. The van der Waals surface area contributed by atoms with Gasteiger partial charge in [-0.3, -0.25) is 18.7 Å². The lowest BCUT2D eigenvalue weighted by Gasteiger charge is -2.12. The van der Waals surface area contributed by atoms with Gasteiger partial charge in [-0.05, 0) is 43.7 Å². The SMILES string of the molecule is CCn1c(=O)n(CC(=O)Nc2ccc(C)c(F)c2)c(=O)c2ccccc21. The number of aromatic nitrogens is 2. The van der Waals surface area contributed by atoms with E-state index in [9.17, 15) is 18.8 Å². The quantitative estimate of drug-likeness (QED) is 0.780. The van der Waals surface area contributed by atoms with Crippen molar-refractivity contribution in [2.75, 3.05) is 5.32 Å². The van der Waals surface area contributed by atoms with E-state index >= 15 is 0 Å². The Morgan fingerprint density at radius 1 is 1.12 bits per heavy atom. The van der Waals surface area contributed by atoms with Gasteiger partial charge in [-0.15, -0.1) is 0 Å². The predicted octanol–water partition coefficient (Wildman–Crippen LogP) is 2.27. The maximum atomic E-state index is 13.6. The van der Waals surface area contributed by atoms with Gasteiger partial charge in [0.2, 0.25) is 5.91 Å². The average molecular weight is 355 g/mol. The minimum atomic E-state index is -0.578. The second-order valence-corrected chi connectivity index (χ2v) is 5.95. The van der Waals surface area contributed by atoms with Gasteiger partial charge in [0, 0.05) is 12.2 Å². The van der Waals surface area contributed by atoms with Gasteiger partial charge < -0.3 is 5.32 Å². The molecule has 0 saturated heterocycles. The maximum absolute atomic E-state index is 13.6. The molecule has 2 aromatic carbocycles. The lowest BCUT2D eigenvalue weighted by Crippen LogP contribution is -2.42. The first-order valence-corrected chi connectivity index (χ1v) is 8.20. The summed E-state index contributed by atoms with van der Waals surface area (Å²) in [5, 5.41) is 2.88. The van der Waals surface area contributed by atoms with Crippen molar-refractivity contribution in [3.63, 3.8) is 0 Å². The van der Waals surface area contributed by atoms with Crippen molar-refractivity contribution >= 4 is 22.5 Å². The van der Waals surface area contributed by atoms with Crippen LogP contribution in [-0.2, 0) is 17.9 Å². The Kier molecular flexibility index (Phi) is 4.71. The molecule has 7 heteroatoms. The highest BCUT2D eigenvalue weighted by atomic mass is 19.1. The molecule has 0 spiro atoms. The van der Waals surface area contributed by atoms with E-state index in [2.05, 4.69) is 5.32 Å². The molecule has 26 heavy (non-hydrogen) atoms. The van der Waals surface area contributed by atoms with Gasteiger partial charge in [0.05, 0.1) is 10.9 Å². The lowest BCUT2D eigenvalue weighted by atomic mass is 10.2. The van der Waals surface area contributed by atoms with Crippen molar-refractivity contribution in [1.82, 2.24) is 9.13 Å². The Hall–Kier alpha value is -3.22. The van der Waals surface area contributed by atoms with Crippen molar-refractivity contribution in [2.24, 2.45) is 0 Å². The molecule has 1 heterocycles. The van der Waals surface area contributed by atoms with E-state index in [0.717, 1.165) is 4.57 Å². The molecule has 1 amide bonds. The summed E-state index contributed by atoms with van der Waals surface area (Å²) in [6.07, 6.45) is 0. The minimum Gasteiger partial charge on any atom is -0.324 e. The molecule has 3 rings (SSSR count). The van der Waals surface area contributed by atoms with E-state index < -0.39 is 29.5 Å². The van der Waals surface area contributed by atoms with Gasteiger partial charge in [-0.1, -0.05) is 18.2 Å². The van der Waals surface area contributed by atoms with E-state index in [4.69, 9.17) is 0 Å². The highest BCUT2D eigenvalue weighted by Crippen LogP contribution is 2.13.